The Morgan fingerprint density at radius 2 is 1.86 bits per heavy atom. The third kappa shape index (κ3) is 5.32. The van der Waals surface area contributed by atoms with Crippen LogP contribution in [0.1, 0.15) is 29.8 Å². The van der Waals surface area contributed by atoms with Crippen molar-refractivity contribution >= 4 is 33.3 Å². The molecule has 29 heavy (non-hydrogen) atoms. The molecule has 0 aliphatic carbocycles. The van der Waals surface area contributed by atoms with Crippen molar-refractivity contribution in [3.63, 3.8) is 0 Å². The number of amides is 1. The van der Waals surface area contributed by atoms with Gasteiger partial charge in [0.15, 0.2) is 0 Å². The number of nitrogens with one attached hydrogen (secondary N) is 1. The van der Waals surface area contributed by atoms with Crippen LogP contribution >= 0.6 is 0 Å². The smallest absolute Gasteiger partial charge is 0.338 e. The second kappa shape index (κ2) is 9.04. The van der Waals surface area contributed by atoms with Gasteiger partial charge in [0.25, 0.3) is 0 Å². The van der Waals surface area contributed by atoms with Gasteiger partial charge in [-0.05, 0) is 56.7 Å². The van der Waals surface area contributed by atoms with Crippen molar-refractivity contribution in [2.24, 2.45) is 0 Å². The van der Waals surface area contributed by atoms with Gasteiger partial charge in [-0.2, -0.15) is 0 Å². The lowest BCUT2D eigenvalue weighted by Gasteiger charge is -2.28. The monoisotopic (exact) mass is 422 g/mol. The predicted octanol–water partition coefficient (Wildman–Crippen LogP) is 3.10. The van der Waals surface area contributed by atoms with Crippen molar-refractivity contribution in [2.75, 3.05) is 22.5 Å². The van der Waals surface area contributed by atoms with Crippen LogP contribution in [0, 0.1) is 12.7 Å². The standard InChI is InChI=1S/C20H23FN2O5S/c1-5-28-20(25)17-10-7-11-18(13(17)2)22-19(24)14(3)23(29(4,26)27)16-9-6-8-15(21)12-16/h6-12,14H,5H2,1-4H3,(H,22,24)/t14-/m1/s1. The molecule has 1 amide bonds. The Kier molecular flexibility index (Phi) is 6.97. The highest BCUT2D eigenvalue weighted by Gasteiger charge is 2.30. The van der Waals surface area contributed by atoms with Crippen LogP contribution in [0.4, 0.5) is 15.8 Å². The Labute approximate surface area is 169 Å². The van der Waals surface area contributed by atoms with E-state index >= 15 is 0 Å². The number of nitrogens with zero attached hydrogens (tertiary/aromatic N) is 1. The molecule has 0 aromatic heterocycles. The molecule has 2 aromatic carbocycles. The van der Waals surface area contributed by atoms with E-state index in [9.17, 15) is 22.4 Å². The second-order valence-corrected chi connectivity index (χ2v) is 8.26. The van der Waals surface area contributed by atoms with Crippen molar-refractivity contribution in [1.82, 2.24) is 0 Å². The lowest BCUT2D eigenvalue weighted by molar-refractivity contribution is -0.116. The minimum absolute atomic E-state index is 0.0344. The van der Waals surface area contributed by atoms with Crippen LogP contribution < -0.4 is 9.62 Å². The van der Waals surface area contributed by atoms with Crippen LogP contribution in [0.3, 0.4) is 0 Å². The molecular formula is C20H23FN2O5S. The van der Waals surface area contributed by atoms with Crippen LogP contribution in [0.2, 0.25) is 0 Å². The summed E-state index contributed by atoms with van der Waals surface area (Å²) in [4.78, 5) is 24.8. The summed E-state index contributed by atoms with van der Waals surface area (Å²) < 4.78 is 44.0. The number of benzene rings is 2. The first kappa shape index (κ1) is 22.4. The molecule has 0 heterocycles. The molecule has 156 valence electrons. The van der Waals surface area contributed by atoms with Gasteiger partial charge in [0.1, 0.15) is 11.9 Å². The molecule has 9 heteroatoms. The fraction of sp³-hybridized carbons (Fsp3) is 0.300. The maximum absolute atomic E-state index is 13.6. The van der Waals surface area contributed by atoms with Gasteiger partial charge < -0.3 is 10.1 Å². The van der Waals surface area contributed by atoms with Gasteiger partial charge in [-0.15, -0.1) is 0 Å². The molecule has 0 aliphatic rings. The van der Waals surface area contributed by atoms with Gasteiger partial charge in [-0.1, -0.05) is 12.1 Å². The number of hydrogen-bond donors (Lipinski definition) is 1. The lowest BCUT2D eigenvalue weighted by atomic mass is 10.1. The summed E-state index contributed by atoms with van der Waals surface area (Å²) in [5, 5.41) is 2.64. The van der Waals surface area contributed by atoms with E-state index in [1.54, 1.807) is 32.0 Å². The van der Waals surface area contributed by atoms with E-state index in [1.807, 2.05) is 0 Å². The Balaban J connectivity index is 2.34. The first-order valence-corrected chi connectivity index (χ1v) is 10.7. The zero-order valence-electron chi connectivity index (χ0n) is 16.6. The van der Waals surface area contributed by atoms with Gasteiger partial charge in [0.05, 0.1) is 24.1 Å². The number of ether oxygens (including phenoxy) is 1. The van der Waals surface area contributed by atoms with Crippen molar-refractivity contribution in [3.8, 4) is 0 Å². The predicted molar refractivity (Wildman–Crippen MR) is 109 cm³/mol. The molecule has 0 saturated heterocycles. The largest absolute Gasteiger partial charge is 0.462 e. The van der Waals surface area contributed by atoms with E-state index in [2.05, 4.69) is 5.32 Å². The van der Waals surface area contributed by atoms with Crippen LogP contribution in [-0.4, -0.2) is 39.2 Å². The zero-order chi connectivity index (χ0) is 21.8. The van der Waals surface area contributed by atoms with Crippen molar-refractivity contribution < 1.29 is 27.1 Å². The van der Waals surface area contributed by atoms with Crippen LogP contribution in [0.25, 0.3) is 0 Å². The summed E-state index contributed by atoms with van der Waals surface area (Å²) >= 11 is 0. The molecule has 0 fully saturated rings. The number of sulfonamides is 1. The fourth-order valence-electron chi connectivity index (χ4n) is 2.86. The molecule has 0 bridgehead atoms. The Hall–Kier alpha value is -2.94. The minimum Gasteiger partial charge on any atom is -0.462 e. The van der Waals surface area contributed by atoms with Gasteiger partial charge in [0, 0.05) is 5.69 Å². The molecule has 1 atom stereocenters. The number of rotatable bonds is 7. The molecular weight excluding hydrogens is 399 g/mol. The van der Waals surface area contributed by atoms with Crippen molar-refractivity contribution in [1.29, 1.82) is 0 Å². The SMILES string of the molecule is CCOC(=O)c1cccc(NC(=O)[C@@H](C)N(c2cccc(F)c2)S(C)(=O)=O)c1C. The molecule has 1 N–H and O–H groups in total. The first-order valence-electron chi connectivity index (χ1n) is 8.88. The number of hydrogen-bond acceptors (Lipinski definition) is 5. The van der Waals surface area contributed by atoms with Gasteiger partial charge in [-0.25, -0.2) is 17.6 Å². The van der Waals surface area contributed by atoms with E-state index in [1.165, 1.54) is 25.1 Å². The Morgan fingerprint density at radius 3 is 2.45 bits per heavy atom. The van der Waals surface area contributed by atoms with E-state index in [4.69, 9.17) is 4.74 Å². The molecule has 0 aliphatic heterocycles. The highest BCUT2D eigenvalue weighted by Crippen LogP contribution is 2.24. The van der Waals surface area contributed by atoms with E-state index < -0.39 is 33.8 Å². The first-order chi connectivity index (χ1) is 13.6. The van der Waals surface area contributed by atoms with Crippen LogP contribution in [0.5, 0.6) is 0 Å². The molecule has 0 radical (unpaired) electrons. The maximum atomic E-state index is 13.6. The minimum atomic E-state index is -3.88. The summed E-state index contributed by atoms with van der Waals surface area (Å²) in [7, 11) is -3.88. The number of esters is 1. The van der Waals surface area contributed by atoms with E-state index in [-0.39, 0.29) is 12.3 Å². The normalized spacial score (nSPS) is 12.2. The van der Waals surface area contributed by atoms with Crippen LogP contribution in [0.15, 0.2) is 42.5 Å². The third-order valence-electron chi connectivity index (χ3n) is 4.24. The summed E-state index contributed by atoms with van der Waals surface area (Å²) in [5.74, 6) is -1.78. The van der Waals surface area contributed by atoms with Gasteiger partial charge in [-0.3, -0.25) is 9.10 Å². The van der Waals surface area contributed by atoms with E-state index in [0.29, 0.717) is 16.8 Å². The van der Waals surface area contributed by atoms with Crippen molar-refractivity contribution in [3.05, 3.63) is 59.4 Å². The lowest BCUT2D eigenvalue weighted by Crippen LogP contribution is -2.45. The summed E-state index contributed by atoms with van der Waals surface area (Å²) in [5.41, 5.74) is 1.16. The number of carbonyl (C=O) groups is 2. The summed E-state index contributed by atoms with van der Waals surface area (Å²) in [6, 6.07) is 8.56. The van der Waals surface area contributed by atoms with Crippen LogP contribution in [-0.2, 0) is 19.6 Å². The fourth-order valence-corrected chi connectivity index (χ4v) is 4.03. The van der Waals surface area contributed by atoms with Gasteiger partial charge >= 0.3 is 5.97 Å². The molecule has 2 rings (SSSR count). The van der Waals surface area contributed by atoms with E-state index in [0.717, 1.165) is 16.6 Å². The molecule has 0 unspecified atom stereocenters. The average Bonchev–Trinajstić information content (AvgIpc) is 2.62. The second-order valence-electron chi connectivity index (χ2n) is 6.40. The molecule has 0 spiro atoms. The maximum Gasteiger partial charge on any atom is 0.338 e. The zero-order valence-corrected chi connectivity index (χ0v) is 17.4. The summed E-state index contributed by atoms with van der Waals surface area (Å²) in [6.45, 7) is 4.94. The number of anilines is 2. The molecule has 7 nitrogen and oxygen atoms in total. The highest BCUT2D eigenvalue weighted by atomic mass is 32.2. The van der Waals surface area contributed by atoms with Gasteiger partial charge in [0.2, 0.25) is 15.9 Å². The van der Waals surface area contributed by atoms with Crippen molar-refractivity contribution in [2.45, 2.75) is 26.8 Å². The molecule has 0 saturated carbocycles. The molecule has 2 aromatic rings. The topological polar surface area (TPSA) is 92.8 Å². The third-order valence-corrected chi connectivity index (χ3v) is 5.48. The Morgan fingerprint density at radius 1 is 1.21 bits per heavy atom. The Bertz CT molecular complexity index is 1020. The summed E-state index contributed by atoms with van der Waals surface area (Å²) in [6.07, 6.45) is 0.939. The average molecular weight is 422 g/mol. The highest BCUT2D eigenvalue weighted by molar-refractivity contribution is 7.92. The quantitative estimate of drug-likeness (QED) is 0.692. The number of halogens is 1. The number of carbonyl (C=O) groups excluding carboxylic acids is 2.